The summed E-state index contributed by atoms with van der Waals surface area (Å²) in [6.07, 6.45) is -1.35. The van der Waals surface area contributed by atoms with Gasteiger partial charge in [0.05, 0.1) is 0 Å². The van der Waals surface area contributed by atoms with E-state index in [0.29, 0.717) is 5.57 Å². The second kappa shape index (κ2) is 5.96. The number of hydrogen-bond acceptors (Lipinski definition) is 11. The van der Waals surface area contributed by atoms with E-state index < -0.39 is 35.5 Å². The number of aromatic nitrogens is 1. The van der Waals surface area contributed by atoms with Crippen LogP contribution in [0.1, 0.15) is 5.69 Å². The van der Waals surface area contributed by atoms with Crippen LogP contribution in [-0.4, -0.2) is 67.2 Å². The molecule has 13 heteroatoms. The van der Waals surface area contributed by atoms with E-state index >= 15 is 0 Å². The number of anilines is 1. The second-order valence-corrected chi connectivity index (χ2v) is 7.51. The van der Waals surface area contributed by atoms with E-state index in [2.05, 4.69) is 15.5 Å². The highest BCUT2D eigenvalue weighted by Crippen LogP contribution is 2.43. The van der Waals surface area contributed by atoms with Crippen molar-refractivity contribution in [2.24, 2.45) is 5.16 Å². The zero-order chi connectivity index (χ0) is 18.6. The lowest BCUT2D eigenvalue weighted by Gasteiger charge is -2.48. The van der Waals surface area contributed by atoms with Crippen molar-refractivity contribution in [2.75, 3.05) is 11.5 Å². The number of fused-ring (bicyclic) bond motifs is 2. The third-order valence-electron chi connectivity index (χ3n) is 4.07. The first-order chi connectivity index (χ1) is 12.4. The number of oxime groups is 1. The lowest BCUT2D eigenvalue weighted by molar-refractivity contribution is -0.157. The fourth-order valence-corrected chi connectivity index (χ4v) is 4.78. The first-order valence-corrected chi connectivity index (χ1v) is 9.16. The molecule has 0 spiro atoms. The third kappa shape index (κ3) is 2.35. The molecule has 1 fully saturated rings. The number of thiazole rings is 1. The summed E-state index contributed by atoms with van der Waals surface area (Å²) in [5.41, 5.74) is 5.57. The summed E-state index contributed by atoms with van der Waals surface area (Å²) in [7, 11) is 0. The van der Waals surface area contributed by atoms with Gasteiger partial charge in [-0.2, -0.15) is 0 Å². The Kier molecular flexibility index (Phi) is 3.86. The summed E-state index contributed by atoms with van der Waals surface area (Å²) >= 11 is 2.34. The van der Waals surface area contributed by atoms with E-state index in [1.165, 1.54) is 22.0 Å². The first kappa shape index (κ1) is 16.8. The van der Waals surface area contributed by atoms with Crippen LogP contribution in [0.4, 0.5) is 5.13 Å². The minimum atomic E-state index is -1.35. The van der Waals surface area contributed by atoms with Crippen LogP contribution < -0.4 is 11.1 Å². The van der Waals surface area contributed by atoms with Gasteiger partial charge in [0.25, 0.3) is 11.8 Å². The number of esters is 1. The van der Waals surface area contributed by atoms with Crippen LogP contribution in [0.2, 0.25) is 0 Å². The molecule has 0 aromatic carbocycles. The number of amides is 2. The topological polar surface area (TPSA) is 167 Å². The van der Waals surface area contributed by atoms with Gasteiger partial charge in [0, 0.05) is 16.7 Å². The van der Waals surface area contributed by atoms with Crippen molar-refractivity contribution < 1.29 is 29.4 Å². The van der Waals surface area contributed by atoms with Gasteiger partial charge in [0.2, 0.25) is 6.29 Å². The molecule has 5 N–H and O–H groups in total. The number of cyclic esters (lactones) is 1. The Morgan fingerprint density at radius 2 is 2.27 bits per heavy atom. The summed E-state index contributed by atoms with van der Waals surface area (Å²) in [6.45, 7) is 0. The Morgan fingerprint density at radius 1 is 1.50 bits per heavy atom. The Hall–Kier alpha value is -2.64. The van der Waals surface area contributed by atoms with Crippen LogP contribution in [0.5, 0.6) is 0 Å². The Bertz CT molecular complexity index is 895. The number of ether oxygens (including phenoxy) is 1. The molecule has 3 unspecified atom stereocenters. The number of nitrogen functional groups attached to an aromatic ring is 1. The summed E-state index contributed by atoms with van der Waals surface area (Å²) in [4.78, 5) is 41.7. The molecule has 0 saturated carbocycles. The maximum Gasteiger partial charge on any atom is 0.357 e. The number of β-lactam (4-membered cyclic amide) rings is 1. The number of aliphatic hydroxyl groups excluding tert-OH is 1. The number of nitrogens with one attached hydrogen (secondary N) is 1. The van der Waals surface area contributed by atoms with E-state index in [4.69, 9.17) is 15.7 Å². The second-order valence-electron chi connectivity index (χ2n) is 5.51. The molecule has 4 rings (SSSR count). The zero-order valence-corrected chi connectivity index (χ0v) is 14.4. The normalized spacial score (nSPS) is 27.7. The molecule has 3 aliphatic heterocycles. The standard InChI is InChI=1S/C13H11N5O6S2/c14-13-15-4(2-26-13)5(17-23)8(19)16-6-9(20)18-7-3(1-25-10(6)18)11(21)24-12(7)22/h2,6,10-11,21,23H,1H2,(H2,14,15)(H,16,19)/b17-5+. The van der Waals surface area contributed by atoms with Gasteiger partial charge in [-0.15, -0.1) is 23.1 Å². The monoisotopic (exact) mass is 397 g/mol. The molecule has 0 radical (unpaired) electrons. The van der Waals surface area contributed by atoms with Gasteiger partial charge in [0.15, 0.2) is 10.8 Å². The SMILES string of the molecule is Nc1nc(/C(=N\O)C(=O)NC2C(=O)N3C4=C(CSC23)C(O)OC4=O)cs1. The van der Waals surface area contributed by atoms with Gasteiger partial charge < -0.3 is 26.1 Å². The van der Waals surface area contributed by atoms with E-state index in [0.717, 1.165) is 11.3 Å². The molecule has 136 valence electrons. The van der Waals surface area contributed by atoms with Crippen molar-refractivity contribution in [1.82, 2.24) is 15.2 Å². The maximum absolute atomic E-state index is 12.4. The lowest BCUT2D eigenvalue weighted by atomic mass is 10.0. The number of carbonyl (C=O) groups excluding carboxylic acids is 3. The minimum absolute atomic E-state index is 0.0278. The summed E-state index contributed by atoms with van der Waals surface area (Å²) in [5.74, 6) is -1.81. The molecule has 0 bridgehead atoms. The molecule has 3 atom stereocenters. The van der Waals surface area contributed by atoms with Crippen molar-refractivity contribution in [1.29, 1.82) is 0 Å². The highest BCUT2D eigenvalue weighted by molar-refractivity contribution is 8.00. The average molecular weight is 397 g/mol. The third-order valence-corrected chi connectivity index (χ3v) is 6.05. The number of thioether (sulfide) groups is 1. The number of carbonyl (C=O) groups is 3. The lowest BCUT2D eigenvalue weighted by Crippen LogP contribution is -2.70. The highest BCUT2D eigenvalue weighted by atomic mass is 32.2. The molecule has 0 aliphatic carbocycles. The van der Waals surface area contributed by atoms with E-state index in [-0.39, 0.29) is 28.0 Å². The molecule has 1 aromatic rings. The molecule has 3 aliphatic rings. The Balaban J connectivity index is 1.51. The summed E-state index contributed by atoms with van der Waals surface area (Å²) < 4.78 is 4.72. The van der Waals surface area contributed by atoms with Crippen molar-refractivity contribution in [3.05, 3.63) is 22.3 Å². The van der Waals surface area contributed by atoms with Crippen LogP contribution in [0, 0.1) is 0 Å². The first-order valence-electron chi connectivity index (χ1n) is 7.23. The number of nitrogens with zero attached hydrogens (tertiary/aromatic N) is 3. The predicted molar refractivity (Wildman–Crippen MR) is 89.0 cm³/mol. The molecule has 2 amide bonds. The average Bonchev–Trinajstić information content (AvgIpc) is 3.15. The van der Waals surface area contributed by atoms with Gasteiger partial charge in [-0.1, -0.05) is 5.16 Å². The summed E-state index contributed by atoms with van der Waals surface area (Å²) in [6, 6.07) is -0.917. The number of aliphatic hydroxyl groups is 1. The number of nitrogens with two attached hydrogens (primary N) is 1. The van der Waals surface area contributed by atoms with Crippen molar-refractivity contribution in [2.45, 2.75) is 17.7 Å². The summed E-state index contributed by atoms with van der Waals surface area (Å²) in [5, 5.41) is 25.3. The van der Waals surface area contributed by atoms with Crippen molar-refractivity contribution >= 4 is 51.7 Å². The number of hydrogen-bond donors (Lipinski definition) is 4. The van der Waals surface area contributed by atoms with Crippen LogP contribution in [0.3, 0.4) is 0 Å². The largest absolute Gasteiger partial charge is 0.427 e. The zero-order valence-electron chi connectivity index (χ0n) is 12.8. The van der Waals surface area contributed by atoms with Crippen LogP contribution in [0.25, 0.3) is 0 Å². The van der Waals surface area contributed by atoms with E-state index in [9.17, 15) is 19.5 Å². The van der Waals surface area contributed by atoms with Crippen LogP contribution in [0.15, 0.2) is 21.8 Å². The van der Waals surface area contributed by atoms with Crippen molar-refractivity contribution in [3.63, 3.8) is 0 Å². The molecule has 4 heterocycles. The number of rotatable bonds is 3. The molecular formula is C13H11N5O6S2. The maximum atomic E-state index is 12.4. The van der Waals surface area contributed by atoms with Crippen LogP contribution in [-0.2, 0) is 19.1 Å². The molecule has 26 heavy (non-hydrogen) atoms. The van der Waals surface area contributed by atoms with Gasteiger partial charge in [-0.25, -0.2) is 9.78 Å². The Labute approximate surface area is 153 Å². The van der Waals surface area contributed by atoms with Gasteiger partial charge in [-0.05, 0) is 0 Å². The minimum Gasteiger partial charge on any atom is -0.427 e. The molecule has 1 saturated heterocycles. The Morgan fingerprint density at radius 3 is 2.92 bits per heavy atom. The molecular weight excluding hydrogens is 386 g/mol. The van der Waals surface area contributed by atoms with E-state index in [1.54, 1.807) is 0 Å². The van der Waals surface area contributed by atoms with E-state index in [1.807, 2.05) is 0 Å². The van der Waals surface area contributed by atoms with Gasteiger partial charge in [0.1, 0.15) is 22.8 Å². The van der Waals surface area contributed by atoms with Crippen molar-refractivity contribution in [3.8, 4) is 0 Å². The predicted octanol–water partition coefficient (Wildman–Crippen LogP) is -1.57. The van der Waals surface area contributed by atoms with Crippen LogP contribution >= 0.6 is 23.1 Å². The smallest absolute Gasteiger partial charge is 0.357 e. The highest BCUT2D eigenvalue weighted by Gasteiger charge is 2.57. The molecule has 1 aromatic heterocycles. The fraction of sp³-hybridized carbons (Fsp3) is 0.308. The van der Waals surface area contributed by atoms with Gasteiger partial charge in [-0.3, -0.25) is 14.5 Å². The van der Waals surface area contributed by atoms with Gasteiger partial charge >= 0.3 is 5.97 Å². The molecule has 11 nitrogen and oxygen atoms in total. The fourth-order valence-electron chi connectivity index (χ4n) is 2.87. The quantitative estimate of drug-likeness (QED) is 0.155.